The van der Waals surface area contributed by atoms with E-state index in [0.717, 1.165) is 16.8 Å². The first-order valence-electron chi connectivity index (χ1n) is 6.36. The topological polar surface area (TPSA) is 58.2 Å². The first kappa shape index (κ1) is 12.9. The van der Waals surface area contributed by atoms with Crippen molar-refractivity contribution in [2.75, 3.05) is 5.32 Å². The minimum Gasteiger partial charge on any atom is -0.348 e. The summed E-state index contributed by atoms with van der Waals surface area (Å²) < 4.78 is 0. The summed E-state index contributed by atoms with van der Waals surface area (Å²) in [5.74, 6) is -0.147. The molecule has 0 spiro atoms. The average molecular weight is 286 g/mol. The van der Waals surface area contributed by atoms with Gasteiger partial charge < -0.3 is 10.6 Å². The third kappa shape index (κ3) is 2.44. The van der Waals surface area contributed by atoms with Crippen LogP contribution in [0.3, 0.4) is 0 Å². The van der Waals surface area contributed by atoms with Gasteiger partial charge in [-0.2, -0.15) is 11.3 Å². The number of fused-ring (bicyclic) bond motifs is 1. The van der Waals surface area contributed by atoms with Crippen molar-refractivity contribution in [1.29, 1.82) is 0 Å². The Morgan fingerprint density at radius 2 is 2.25 bits per heavy atom. The molecule has 3 rings (SSSR count). The van der Waals surface area contributed by atoms with Crippen LogP contribution in [0, 0.1) is 6.92 Å². The Morgan fingerprint density at radius 3 is 3.00 bits per heavy atom. The van der Waals surface area contributed by atoms with Gasteiger partial charge in [-0.15, -0.1) is 0 Å². The molecule has 2 N–H and O–H groups in total. The van der Waals surface area contributed by atoms with E-state index in [4.69, 9.17) is 0 Å². The SMILES string of the molecule is Cc1cscc1CNC(=O)c1ccc2c(c1)NC(=O)C2. The summed E-state index contributed by atoms with van der Waals surface area (Å²) in [6, 6.07) is 5.32. The highest BCUT2D eigenvalue weighted by molar-refractivity contribution is 7.08. The molecule has 0 unspecified atom stereocenters. The number of nitrogens with one attached hydrogen (secondary N) is 2. The molecule has 1 aromatic heterocycles. The second-order valence-corrected chi connectivity index (χ2v) is 5.60. The van der Waals surface area contributed by atoms with Gasteiger partial charge in [0.1, 0.15) is 0 Å². The normalized spacial score (nSPS) is 12.9. The van der Waals surface area contributed by atoms with Crippen molar-refractivity contribution in [2.45, 2.75) is 19.9 Å². The van der Waals surface area contributed by atoms with Gasteiger partial charge in [-0.05, 0) is 46.5 Å². The molecular weight excluding hydrogens is 272 g/mol. The third-order valence-electron chi connectivity index (χ3n) is 3.40. The van der Waals surface area contributed by atoms with Gasteiger partial charge in [0.2, 0.25) is 5.91 Å². The van der Waals surface area contributed by atoms with Crippen LogP contribution in [0.15, 0.2) is 29.0 Å². The van der Waals surface area contributed by atoms with Crippen LogP contribution in [0.5, 0.6) is 0 Å². The number of hydrogen-bond donors (Lipinski definition) is 2. The molecule has 0 atom stereocenters. The third-order valence-corrected chi connectivity index (χ3v) is 4.31. The smallest absolute Gasteiger partial charge is 0.251 e. The van der Waals surface area contributed by atoms with Crippen LogP contribution in [0.1, 0.15) is 27.0 Å². The molecule has 1 aliphatic rings. The van der Waals surface area contributed by atoms with Gasteiger partial charge in [-0.3, -0.25) is 9.59 Å². The van der Waals surface area contributed by atoms with E-state index in [1.165, 1.54) is 5.56 Å². The highest BCUT2D eigenvalue weighted by Gasteiger charge is 2.19. The van der Waals surface area contributed by atoms with E-state index < -0.39 is 0 Å². The van der Waals surface area contributed by atoms with Crippen LogP contribution in [0.25, 0.3) is 0 Å². The molecule has 2 amide bonds. The Kier molecular flexibility index (Phi) is 3.28. The number of benzene rings is 1. The summed E-state index contributed by atoms with van der Waals surface area (Å²) in [6.07, 6.45) is 0.394. The average Bonchev–Trinajstić information content (AvgIpc) is 2.99. The van der Waals surface area contributed by atoms with E-state index >= 15 is 0 Å². The zero-order chi connectivity index (χ0) is 14.1. The molecule has 102 valence electrons. The van der Waals surface area contributed by atoms with E-state index in [1.807, 2.05) is 18.4 Å². The van der Waals surface area contributed by atoms with Gasteiger partial charge in [-0.1, -0.05) is 6.07 Å². The van der Waals surface area contributed by atoms with Gasteiger partial charge >= 0.3 is 0 Å². The van der Waals surface area contributed by atoms with Crippen molar-refractivity contribution in [3.8, 4) is 0 Å². The van der Waals surface area contributed by atoms with Crippen LogP contribution in [0.4, 0.5) is 5.69 Å². The molecular formula is C15H14N2O2S. The summed E-state index contributed by atoms with van der Waals surface area (Å²) in [7, 11) is 0. The van der Waals surface area contributed by atoms with Crippen LogP contribution >= 0.6 is 11.3 Å². The molecule has 0 radical (unpaired) electrons. The molecule has 4 nitrogen and oxygen atoms in total. The quantitative estimate of drug-likeness (QED) is 0.910. The van der Waals surface area contributed by atoms with E-state index in [0.29, 0.717) is 18.5 Å². The zero-order valence-corrected chi connectivity index (χ0v) is 11.8. The largest absolute Gasteiger partial charge is 0.348 e. The van der Waals surface area contributed by atoms with Crippen molar-refractivity contribution in [3.63, 3.8) is 0 Å². The predicted octanol–water partition coefficient (Wildman–Crippen LogP) is 2.48. The van der Waals surface area contributed by atoms with E-state index in [9.17, 15) is 9.59 Å². The van der Waals surface area contributed by atoms with Crippen LogP contribution in [-0.2, 0) is 17.8 Å². The van der Waals surface area contributed by atoms with Crippen molar-refractivity contribution in [3.05, 3.63) is 51.2 Å². The zero-order valence-electron chi connectivity index (χ0n) is 11.0. The summed E-state index contributed by atoms with van der Waals surface area (Å²) in [6.45, 7) is 2.56. The van der Waals surface area contributed by atoms with Gasteiger partial charge in [0.15, 0.2) is 0 Å². The molecule has 2 aromatic rings. The number of carbonyl (C=O) groups excluding carboxylic acids is 2. The minimum atomic E-state index is -0.125. The summed E-state index contributed by atoms with van der Waals surface area (Å²) in [4.78, 5) is 23.4. The lowest BCUT2D eigenvalue weighted by molar-refractivity contribution is -0.115. The summed E-state index contributed by atoms with van der Waals surface area (Å²) >= 11 is 1.63. The van der Waals surface area contributed by atoms with Crippen molar-refractivity contribution < 1.29 is 9.59 Å². The summed E-state index contributed by atoms with van der Waals surface area (Å²) in [5, 5.41) is 9.76. The molecule has 20 heavy (non-hydrogen) atoms. The van der Waals surface area contributed by atoms with Gasteiger partial charge in [0, 0.05) is 17.8 Å². The molecule has 1 aliphatic heterocycles. The number of hydrogen-bond acceptors (Lipinski definition) is 3. The maximum Gasteiger partial charge on any atom is 0.251 e. The molecule has 0 bridgehead atoms. The number of aryl methyl sites for hydroxylation is 1. The van der Waals surface area contributed by atoms with Gasteiger partial charge in [0.25, 0.3) is 5.91 Å². The van der Waals surface area contributed by atoms with Crippen molar-refractivity contribution in [1.82, 2.24) is 5.32 Å². The lowest BCUT2D eigenvalue weighted by Gasteiger charge is -2.06. The number of carbonyl (C=O) groups is 2. The second-order valence-electron chi connectivity index (χ2n) is 4.86. The minimum absolute atomic E-state index is 0.0218. The van der Waals surface area contributed by atoms with E-state index in [1.54, 1.807) is 23.5 Å². The Bertz CT molecular complexity index is 691. The lowest BCUT2D eigenvalue weighted by Crippen LogP contribution is -2.22. The fraction of sp³-hybridized carbons (Fsp3) is 0.200. The number of anilines is 1. The van der Waals surface area contributed by atoms with Crippen molar-refractivity contribution in [2.24, 2.45) is 0 Å². The van der Waals surface area contributed by atoms with Crippen LogP contribution in [0.2, 0.25) is 0 Å². The number of rotatable bonds is 3. The van der Waals surface area contributed by atoms with Crippen LogP contribution < -0.4 is 10.6 Å². The Balaban J connectivity index is 1.70. The second kappa shape index (κ2) is 5.09. The van der Waals surface area contributed by atoms with E-state index in [2.05, 4.69) is 16.0 Å². The van der Waals surface area contributed by atoms with Crippen LogP contribution in [-0.4, -0.2) is 11.8 Å². The maximum absolute atomic E-state index is 12.1. The lowest BCUT2D eigenvalue weighted by atomic mass is 10.1. The Labute approximate surface area is 120 Å². The number of amides is 2. The fourth-order valence-electron chi connectivity index (χ4n) is 2.20. The first-order chi connectivity index (χ1) is 9.63. The Hall–Kier alpha value is -2.14. The molecule has 1 aromatic carbocycles. The monoisotopic (exact) mass is 286 g/mol. The fourth-order valence-corrected chi connectivity index (χ4v) is 3.06. The summed E-state index contributed by atoms with van der Waals surface area (Å²) in [5.41, 5.74) is 4.59. The molecule has 0 aliphatic carbocycles. The molecule has 2 heterocycles. The highest BCUT2D eigenvalue weighted by atomic mass is 32.1. The maximum atomic E-state index is 12.1. The first-order valence-corrected chi connectivity index (χ1v) is 7.30. The van der Waals surface area contributed by atoms with Gasteiger partial charge in [-0.25, -0.2) is 0 Å². The van der Waals surface area contributed by atoms with E-state index in [-0.39, 0.29) is 11.8 Å². The Morgan fingerprint density at radius 1 is 1.40 bits per heavy atom. The molecule has 0 fully saturated rings. The number of thiophene rings is 1. The standard InChI is InChI=1S/C15H14N2O2S/c1-9-7-20-8-12(9)6-16-15(19)11-3-2-10-5-14(18)17-13(10)4-11/h2-4,7-8H,5-6H2,1H3,(H,16,19)(H,17,18). The van der Waals surface area contributed by atoms with Crippen molar-refractivity contribution >= 4 is 28.8 Å². The van der Waals surface area contributed by atoms with Gasteiger partial charge in [0.05, 0.1) is 6.42 Å². The highest BCUT2D eigenvalue weighted by Crippen LogP contribution is 2.24. The molecule has 0 saturated carbocycles. The molecule has 0 saturated heterocycles. The predicted molar refractivity (Wildman–Crippen MR) is 79.0 cm³/mol. The molecule has 5 heteroatoms.